The zero-order valence-electron chi connectivity index (χ0n) is 24.0. The van der Waals surface area contributed by atoms with E-state index in [1.54, 1.807) is 4.90 Å². The van der Waals surface area contributed by atoms with E-state index < -0.39 is 0 Å². The minimum atomic E-state index is -0.0668. The Morgan fingerprint density at radius 3 is 2.35 bits per heavy atom. The molecule has 2 aliphatic heterocycles. The number of nitrogens with zero attached hydrogens (tertiary/aromatic N) is 3. The molecule has 2 amide bonds. The summed E-state index contributed by atoms with van der Waals surface area (Å²) in [5.74, 6) is 1.57. The van der Waals surface area contributed by atoms with Crippen molar-refractivity contribution >= 4 is 23.2 Å². The van der Waals surface area contributed by atoms with Gasteiger partial charge in [0.25, 0.3) is 11.8 Å². The molecule has 2 aliphatic rings. The molecule has 0 aromatic heterocycles. The number of hydrogen-bond acceptors (Lipinski definition) is 5. The quantitative estimate of drug-likeness (QED) is 0.368. The van der Waals surface area contributed by atoms with Gasteiger partial charge in [-0.2, -0.15) is 0 Å². The summed E-state index contributed by atoms with van der Waals surface area (Å²) in [5.41, 5.74) is 4.69. The Bertz CT molecular complexity index is 1360. The van der Waals surface area contributed by atoms with E-state index in [1.165, 1.54) is 5.56 Å². The standard InChI is InChI=1S/C33H39N3O4/c1-5-33(3,4)26-15-16-30-28(21-26)36(31(37)23-40-30)22-24-11-13-25(14-12-24)32(38)35-19-17-34(18-20-35)27-9-7-8-10-29(27)39-6-2/h7-16,21H,5-6,17-20,22-23H2,1-4H3. The summed E-state index contributed by atoms with van der Waals surface area (Å²) >= 11 is 0. The Kier molecular flexibility index (Phi) is 8.01. The molecule has 3 aromatic rings. The Morgan fingerprint density at radius 1 is 0.925 bits per heavy atom. The van der Waals surface area contributed by atoms with E-state index in [0.29, 0.717) is 31.8 Å². The van der Waals surface area contributed by atoms with Gasteiger partial charge in [0, 0.05) is 31.7 Å². The highest BCUT2D eigenvalue weighted by Crippen LogP contribution is 2.38. The number of rotatable bonds is 8. The highest BCUT2D eigenvalue weighted by atomic mass is 16.5. The second-order valence-electron chi connectivity index (χ2n) is 11.1. The third-order valence-electron chi connectivity index (χ3n) is 8.18. The van der Waals surface area contributed by atoms with Crippen LogP contribution in [-0.2, 0) is 16.8 Å². The van der Waals surface area contributed by atoms with Crippen LogP contribution in [0.4, 0.5) is 11.4 Å². The van der Waals surface area contributed by atoms with Crippen LogP contribution in [0.2, 0.25) is 0 Å². The van der Waals surface area contributed by atoms with E-state index in [-0.39, 0.29) is 23.8 Å². The Balaban J connectivity index is 1.25. The van der Waals surface area contributed by atoms with Gasteiger partial charge in [0.1, 0.15) is 11.5 Å². The van der Waals surface area contributed by atoms with Crippen LogP contribution in [0.15, 0.2) is 66.7 Å². The van der Waals surface area contributed by atoms with Gasteiger partial charge >= 0.3 is 0 Å². The van der Waals surface area contributed by atoms with E-state index in [0.717, 1.165) is 47.9 Å². The van der Waals surface area contributed by atoms with Crippen molar-refractivity contribution in [3.05, 3.63) is 83.4 Å². The van der Waals surface area contributed by atoms with Gasteiger partial charge in [0.2, 0.25) is 0 Å². The third kappa shape index (κ3) is 5.64. The van der Waals surface area contributed by atoms with Gasteiger partial charge in [-0.25, -0.2) is 0 Å². The van der Waals surface area contributed by atoms with Crippen molar-refractivity contribution in [2.75, 3.05) is 49.2 Å². The second-order valence-corrected chi connectivity index (χ2v) is 11.1. The smallest absolute Gasteiger partial charge is 0.265 e. The number of carbonyl (C=O) groups is 2. The number of anilines is 2. The monoisotopic (exact) mass is 541 g/mol. The lowest BCUT2D eigenvalue weighted by Gasteiger charge is -2.36. The summed E-state index contributed by atoms with van der Waals surface area (Å²) in [7, 11) is 0. The largest absolute Gasteiger partial charge is 0.492 e. The molecule has 7 heteroatoms. The molecule has 0 aliphatic carbocycles. The van der Waals surface area contributed by atoms with Gasteiger partial charge in [-0.1, -0.05) is 51.1 Å². The number of ether oxygens (including phenoxy) is 2. The molecule has 40 heavy (non-hydrogen) atoms. The van der Waals surface area contributed by atoms with Crippen molar-refractivity contribution < 1.29 is 19.1 Å². The van der Waals surface area contributed by atoms with Crippen molar-refractivity contribution in [2.24, 2.45) is 0 Å². The zero-order valence-corrected chi connectivity index (χ0v) is 24.0. The second kappa shape index (κ2) is 11.6. The van der Waals surface area contributed by atoms with Crippen LogP contribution >= 0.6 is 0 Å². The first kappa shape index (κ1) is 27.6. The Morgan fingerprint density at radius 2 is 1.65 bits per heavy atom. The third-order valence-corrected chi connectivity index (χ3v) is 8.18. The van der Waals surface area contributed by atoms with Gasteiger partial charge in [-0.3, -0.25) is 9.59 Å². The Labute approximate surface area is 237 Å². The molecular formula is C33H39N3O4. The number of piperazine rings is 1. The summed E-state index contributed by atoms with van der Waals surface area (Å²) in [5, 5.41) is 0. The van der Waals surface area contributed by atoms with Gasteiger partial charge in [-0.05, 0) is 66.3 Å². The average Bonchev–Trinajstić information content (AvgIpc) is 2.99. The maximum absolute atomic E-state index is 13.3. The molecule has 1 saturated heterocycles. The maximum atomic E-state index is 13.3. The van der Waals surface area contributed by atoms with E-state index in [1.807, 2.05) is 60.4 Å². The van der Waals surface area contributed by atoms with Crippen LogP contribution in [-0.4, -0.2) is 56.1 Å². The van der Waals surface area contributed by atoms with E-state index in [9.17, 15) is 9.59 Å². The molecule has 0 bridgehead atoms. The van der Waals surface area contributed by atoms with Crippen LogP contribution in [0.1, 0.15) is 55.6 Å². The molecule has 0 spiro atoms. The molecule has 0 saturated carbocycles. The molecule has 1 fully saturated rings. The maximum Gasteiger partial charge on any atom is 0.265 e. The minimum absolute atomic E-state index is 0.00135. The first-order valence-corrected chi connectivity index (χ1v) is 14.2. The van der Waals surface area contributed by atoms with Gasteiger partial charge < -0.3 is 24.2 Å². The fourth-order valence-electron chi connectivity index (χ4n) is 5.26. The van der Waals surface area contributed by atoms with E-state index in [2.05, 4.69) is 43.9 Å². The molecular weight excluding hydrogens is 502 g/mol. The molecule has 7 nitrogen and oxygen atoms in total. The van der Waals surface area contributed by atoms with Crippen molar-refractivity contribution in [3.8, 4) is 11.5 Å². The fraction of sp³-hybridized carbons (Fsp3) is 0.394. The summed E-state index contributed by atoms with van der Waals surface area (Å²) in [6, 6.07) is 21.9. The van der Waals surface area contributed by atoms with Crippen LogP contribution in [0.25, 0.3) is 0 Å². The number of amides is 2. The molecule has 3 aromatic carbocycles. The SMILES string of the molecule is CCOc1ccccc1N1CCN(C(=O)c2ccc(CN3C(=O)COc4ccc(C(C)(C)CC)cc43)cc2)CC1. The summed E-state index contributed by atoms with van der Waals surface area (Å²) in [4.78, 5) is 32.2. The highest BCUT2D eigenvalue weighted by Gasteiger charge is 2.29. The highest BCUT2D eigenvalue weighted by molar-refractivity contribution is 5.98. The molecule has 0 atom stereocenters. The summed E-state index contributed by atoms with van der Waals surface area (Å²) in [6.45, 7) is 12.5. The summed E-state index contributed by atoms with van der Waals surface area (Å²) < 4.78 is 11.5. The van der Waals surface area contributed by atoms with E-state index >= 15 is 0 Å². The molecule has 0 N–H and O–H groups in total. The molecule has 5 rings (SSSR count). The normalized spacial score (nSPS) is 15.5. The van der Waals surface area contributed by atoms with Crippen LogP contribution in [0, 0.1) is 0 Å². The van der Waals surface area contributed by atoms with Crippen molar-refractivity contribution in [2.45, 2.75) is 46.1 Å². The molecule has 0 unspecified atom stereocenters. The van der Waals surface area contributed by atoms with Crippen LogP contribution < -0.4 is 19.3 Å². The zero-order chi connectivity index (χ0) is 28.3. The first-order valence-electron chi connectivity index (χ1n) is 14.2. The molecule has 2 heterocycles. The van der Waals surface area contributed by atoms with Gasteiger partial charge in [0.05, 0.1) is 24.5 Å². The number of benzene rings is 3. The minimum Gasteiger partial charge on any atom is -0.492 e. The molecule has 0 radical (unpaired) electrons. The number of carbonyl (C=O) groups excluding carboxylic acids is 2. The van der Waals surface area contributed by atoms with Crippen molar-refractivity contribution in [3.63, 3.8) is 0 Å². The predicted octanol–water partition coefficient (Wildman–Crippen LogP) is 5.66. The van der Waals surface area contributed by atoms with Crippen LogP contribution in [0.3, 0.4) is 0 Å². The number of para-hydroxylation sites is 2. The molecule has 210 valence electrons. The summed E-state index contributed by atoms with van der Waals surface area (Å²) in [6.07, 6.45) is 0.992. The fourth-order valence-corrected chi connectivity index (χ4v) is 5.26. The topological polar surface area (TPSA) is 62.3 Å². The number of hydrogen-bond donors (Lipinski definition) is 0. The van der Waals surface area contributed by atoms with Crippen molar-refractivity contribution in [1.82, 2.24) is 4.90 Å². The predicted molar refractivity (Wildman–Crippen MR) is 159 cm³/mol. The van der Waals surface area contributed by atoms with Crippen LogP contribution in [0.5, 0.6) is 11.5 Å². The van der Waals surface area contributed by atoms with Crippen molar-refractivity contribution in [1.29, 1.82) is 0 Å². The van der Waals surface area contributed by atoms with Gasteiger partial charge in [-0.15, -0.1) is 0 Å². The first-order chi connectivity index (χ1) is 19.3. The lowest BCUT2D eigenvalue weighted by atomic mass is 9.82. The Hall–Kier alpha value is -4.00. The van der Waals surface area contributed by atoms with Gasteiger partial charge in [0.15, 0.2) is 6.61 Å². The average molecular weight is 542 g/mol. The van der Waals surface area contributed by atoms with E-state index in [4.69, 9.17) is 9.47 Å². The number of fused-ring (bicyclic) bond motifs is 1. The lowest BCUT2D eigenvalue weighted by molar-refractivity contribution is -0.121. The lowest BCUT2D eigenvalue weighted by Crippen LogP contribution is -2.48.